The maximum atomic E-state index is 12.8. The molecule has 1 atom stereocenters. The molecule has 0 spiro atoms. The van der Waals surface area contributed by atoms with Gasteiger partial charge in [-0.15, -0.1) is 11.8 Å². The highest BCUT2D eigenvalue weighted by molar-refractivity contribution is 8.00. The lowest BCUT2D eigenvalue weighted by molar-refractivity contribution is -0.127. The minimum absolute atomic E-state index is 0.102. The van der Waals surface area contributed by atoms with Gasteiger partial charge in [0.2, 0.25) is 5.91 Å². The van der Waals surface area contributed by atoms with Gasteiger partial charge in [0.1, 0.15) is 5.75 Å². The van der Waals surface area contributed by atoms with Gasteiger partial charge in [-0.1, -0.05) is 35.9 Å². The third-order valence-electron chi connectivity index (χ3n) is 3.80. The number of ether oxygens (including phenoxy) is 1. The zero-order valence-corrected chi connectivity index (χ0v) is 15.1. The van der Waals surface area contributed by atoms with Crippen LogP contribution in [0, 0.1) is 0 Å². The molecule has 25 heavy (non-hydrogen) atoms. The molecule has 1 N–H and O–H groups in total. The lowest BCUT2D eigenvalue weighted by Gasteiger charge is -2.34. The second kappa shape index (κ2) is 7.80. The Morgan fingerprint density at radius 1 is 1.24 bits per heavy atom. The highest BCUT2D eigenvalue weighted by atomic mass is 35.5. The molecular weight excluding hydrogens is 360 g/mol. The Hall–Kier alpha value is -2.18. The van der Waals surface area contributed by atoms with Gasteiger partial charge in [0.05, 0.1) is 23.0 Å². The molecule has 2 aromatic carbocycles. The van der Waals surface area contributed by atoms with Gasteiger partial charge in [0.25, 0.3) is 5.91 Å². The van der Waals surface area contributed by atoms with Gasteiger partial charge < -0.3 is 15.0 Å². The smallest absolute Gasteiger partial charge is 0.262 e. The molecule has 3 rings (SSSR count). The van der Waals surface area contributed by atoms with Crippen molar-refractivity contribution in [2.24, 2.45) is 0 Å². The summed E-state index contributed by atoms with van der Waals surface area (Å²) in [5.74, 6) is 0.387. The Morgan fingerprint density at radius 3 is 2.72 bits per heavy atom. The monoisotopic (exact) mass is 376 g/mol. The van der Waals surface area contributed by atoms with Crippen molar-refractivity contribution in [3.05, 3.63) is 53.6 Å². The molecule has 0 aliphatic carbocycles. The maximum absolute atomic E-state index is 12.8. The minimum Gasteiger partial charge on any atom is -0.477 e. The number of rotatable bonds is 4. The van der Waals surface area contributed by atoms with Crippen LogP contribution in [-0.2, 0) is 9.59 Å². The molecule has 1 aliphatic heterocycles. The molecular formula is C18H17ClN2O3S. The van der Waals surface area contributed by atoms with Crippen LogP contribution in [0.5, 0.6) is 5.75 Å². The molecule has 5 nitrogen and oxygen atoms in total. The van der Waals surface area contributed by atoms with Gasteiger partial charge in [0, 0.05) is 11.9 Å². The molecule has 0 fully saturated rings. The number of nitrogens with zero attached hydrogens (tertiary/aromatic N) is 1. The zero-order chi connectivity index (χ0) is 17.8. The van der Waals surface area contributed by atoms with Gasteiger partial charge >= 0.3 is 0 Å². The van der Waals surface area contributed by atoms with Crippen molar-refractivity contribution in [2.45, 2.75) is 11.0 Å². The third kappa shape index (κ3) is 3.91. The van der Waals surface area contributed by atoms with Crippen molar-refractivity contribution in [2.75, 3.05) is 24.2 Å². The van der Waals surface area contributed by atoms with E-state index >= 15 is 0 Å². The van der Waals surface area contributed by atoms with E-state index in [1.165, 1.54) is 11.8 Å². The summed E-state index contributed by atoms with van der Waals surface area (Å²) < 4.78 is 5.71. The number of amides is 2. The summed E-state index contributed by atoms with van der Waals surface area (Å²) in [4.78, 5) is 27.2. The predicted molar refractivity (Wildman–Crippen MR) is 99.5 cm³/mol. The van der Waals surface area contributed by atoms with E-state index in [1.807, 2.05) is 36.4 Å². The van der Waals surface area contributed by atoms with Crippen molar-refractivity contribution >= 4 is 40.9 Å². The molecule has 0 aromatic heterocycles. The number of nitrogens with one attached hydrogen (secondary N) is 1. The summed E-state index contributed by atoms with van der Waals surface area (Å²) in [6.45, 7) is 0.179. The van der Waals surface area contributed by atoms with Crippen LogP contribution in [-0.4, -0.2) is 37.3 Å². The zero-order valence-electron chi connectivity index (χ0n) is 13.6. The fourth-order valence-corrected chi connectivity index (χ4v) is 3.66. The molecule has 0 saturated carbocycles. The summed E-state index contributed by atoms with van der Waals surface area (Å²) in [6.07, 6.45) is -0.728. The van der Waals surface area contributed by atoms with Crippen molar-refractivity contribution in [1.29, 1.82) is 0 Å². The van der Waals surface area contributed by atoms with Crippen molar-refractivity contribution in [3.63, 3.8) is 0 Å². The Morgan fingerprint density at radius 2 is 1.96 bits per heavy atom. The van der Waals surface area contributed by atoms with E-state index in [-0.39, 0.29) is 24.1 Å². The van der Waals surface area contributed by atoms with E-state index in [2.05, 4.69) is 5.32 Å². The van der Waals surface area contributed by atoms with Gasteiger partial charge in [-0.3, -0.25) is 9.59 Å². The van der Waals surface area contributed by atoms with E-state index in [0.717, 1.165) is 4.90 Å². The van der Waals surface area contributed by atoms with Crippen LogP contribution in [0.25, 0.3) is 0 Å². The summed E-state index contributed by atoms with van der Waals surface area (Å²) in [5.41, 5.74) is 0.674. The van der Waals surface area contributed by atoms with Gasteiger partial charge in [0.15, 0.2) is 6.10 Å². The Kier molecular flexibility index (Phi) is 5.50. The molecule has 0 radical (unpaired) electrons. The highest BCUT2D eigenvalue weighted by Gasteiger charge is 2.33. The summed E-state index contributed by atoms with van der Waals surface area (Å²) >= 11 is 7.51. The number of halogens is 1. The molecule has 1 heterocycles. The Balaban J connectivity index is 1.78. The normalized spacial score (nSPS) is 15.9. The van der Waals surface area contributed by atoms with Gasteiger partial charge in [-0.2, -0.15) is 0 Å². The molecule has 2 amide bonds. The fourth-order valence-electron chi connectivity index (χ4n) is 2.55. The van der Waals surface area contributed by atoms with E-state index < -0.39 is 6.10 Å². The number of hydrogen-bond acceptors (Lipinski definition) is 4. The van der Waals surface area contributed by atoms with Crippen LogP contribution in [0.3, 0.4) is 0 Å². The SMILES string of the molecule is CNC(=O)C1CN(C(=O)CSc2ccccc2Cl)c2ccccc2O1. The van der Waals surface area contributed by atoms with Crippen LogP contribution < -0.4 is 15.0 Å². The van der Waals surface area contributed by atoms with Gasteiger partial charge in [-0.25, -0.2) is 0 Å². The Labute approximate surface area is 155 Å². The van der Waals surface area contributed by atoms with E-state index in [4.69, 9.17) is 16.3 Å². The third-order valence-corrected chi connectivity index (χ3v) is 5.30. The largest absolute Gasteiger partial charge is 0.477 e. The first kappa shape index (κ1) is 17.6. The molecule has 0 bridgehead atoms. The number of para-hydroxylation sites is 2. The number of likely N-dealkylation sites (N-methyl/N-ethyl adjacent to an activating group) is 1. The molecule has 2 aromatic rings. The topological polar surface area (TPSA) is 58.6 Å². The van der Waals surface area contributed by atoms with E-state index in [1.54, 1.807) is 24.1 Å². The standard InChI is InChI=1S/C18H17ClN2O3S/c1-20-18(23)15-10-21(13-7-3-4-8-14(13)24-15)17(22)11-25-16-9-5-2-6-12(16)19/h2-9,15H,10-11H2,1H3,(H,20,23). The number of hydrogen-bond donors (Lipinski definition) is 1. The first-order chi connectivity index (χ1) is 12.1. The van der Waals surface area contributed by atoms with Crippen LogP contribution in [0.2, 0.25) is 5.02 Å². The second-order valence-corrected chi connectivity index (χ2v) is 6.84. The van der Waals surface area contributed by atoms with Crippen LogP contribution >= 0.6 is 23.4 Å². The van der Waals surface area contributed by atoms with Crippen molar-refractivity contribution in [3.8, 4) is 5.75 Å². The van der Waals surface area contributed by atoms with Crippen LogP contribution in [0.4, 0.5) is 5.69 Å². The van der Waals surface area contributed by atoms with Crippen molar-refractivity contribution in [1.82, 2.24) is 5.32 Å². The predicted octanol–water partition coefficient (Wildman–Crippen LogP) is 2.97. The van der Waals surface area contributed by atoms with Crippen LogP contribution in [0.1, 0.15) is 0 Å². The quantitative estimate of drug-likeness (QED) is 0.833. The summed E-state index contributed by atoms with van der Waals surface area (Å²) in [7, 11) is 1.55. The van der Waals surface area contributed by atoms with E-state index in [0.29, 0.717) is 16.5 Å². The molecule has 7 heteroatoms. The lowest BCUT2D eigenvalue weighted by Crippen LogP contribution is -2.50. The number of carbonyl (C=O) groups is 2. The minimum atomic E-state index is -0.728. The number of benzene rings is 2. The molecule has 1 aliphatic rings. The second-order valence-electron chi connectivity index (χ2n) is 5.41. The summed E-state index contributed by atoms with van der Waals surface area (Å²) in [5, 5.41) is 3.18. The maximum Gasteiger partial charge on any atom is 0.262 e. The fraction of sp³-hybridized carbons (Fsp3) is 0.222. The van der Waals surface area contributed by atoms with E-state index in [9.17, 15) is 9.59 Å². The Bertz CT molecular complexity index is 799. The van der Waals surface area contributed by atoms with Crippen molar-refractivity contribution < 1.29 is 14.3 Å². The van der Waals surface area contributed by atoms with Gasteiger partial charge in [-0.05, 0) is 24.3 Å². The summed E-state index contributed by atoms with van der Waals surface area (Å²) in [6, 6.07) is 14.6. The highest BCUT2D eigenvalue weighted by Crippen LogP contribution is 2.34. The first-order valence-electron chi connectivity index (χ1n) is 7.75. The van der Waals surface area contributed by atoms with Crippen LogP contribution in [0.15, 0.2) is 53.4 Å². The first-order valence-corrected chi connectivity index (χ1v) is 9.11. The lowest BCUT2D eigenvalue weighted by atomic mass is 10.2. The number of carbonyl (C=O) groups excluding carboxylic acids is 2. The number of thioether (sulfide) groups is 1. The average molecular weight is 377 g/mol. The molecule has 1 unspecified atom stereocenters. The molecule has 130 valence electrons. The average Bonchev–Trinajstić information content (AvgIpc) is 2.65. The molecule has 0 saturated heterocycles. The number of fused-ring (bicyclic) bond motifs is 1. The number of anilines is 1.